The van der Waals surface area contributed by atoms with Crippen LogP contribution in [0.4, 0.5) is 0 Å². The second-order valence-corrected chi connectivity index (χ2v) is 8.14. The highest BCUT2D eigenvalue weighted by atomic mass is 16.6. The van der Waals surface area contributed by atoms with Gasteiger partial charge in [-0.05, 0) is 81.5 Å². The van der Waals surface area contributed by atoms with Crippen molar-refractivity contribution in [1.82, 2.24) is 0 Å². The normalized spacial score (nSPS) is 34.9. The fourth-order valence-corrected chi connectivity index (χ4v) is 4.84. The minimum atomic E-state index is -0.926. The number of esters is 1. The standard InChI is InChI=1S/C21H26O4/c1-13-11-15(3)16(12-14(13)2)17-18(22)21(25-19(17)23)8-6-20(7-9-21)5-4-10-24-20/h11-12,17H,4-10H2,1-3H3. The summed E-state index contributed by atoms with van der Waals surface area (Å²) < 4.78 is 11.7. The lowest BCUT2D eigenvalue weighted by molar-refractivity contribution is -0.161. The first kappa shape index (κ1) is 16.8. The van der Waals surface area contributed by atoms with Crippen LogP contribution < -0.4 is 0 Å². The third-order valence-corrected chi connectivity index (χ3v) is 6.59. The van der Waals surface area contributed by atoms with Crippen LogP contribution in [-0.2, 0) is 19.1 Å². The zero-order valence-corrected chi connectivity index (χ0v) is 15.3. The summed E-state index contributed by atoms with van der Waals surface area (Å²) in [4.78, 5) is 25.9. The largest absolute Gasteiger partial charge is 0.450 e. The maximum absolute atomic E-state index is 13.3. The fourth-order valence-electron chi connectivity index (χ4n) is 4.84. The molecule has 2 spiro atoms. The maximum Gasteiger partial charge on any atom is 0.322 e. The second kappa shape index (κ2) is 5.66. The van der Waals surface area contributed by atoms with E-state index in [1.165, 1.54) is 5.56 Å². The second-order valence-electron chi connectivity index (χ2n) is 8.14. The molecule has 1 aromatic carbocycles. The first-order chi connectivity index (χ1) is 11.9. The number of carbonyl (C=O) groups excluding carboxylic acids is 2. The molecule has 1 atom stereocenters. The lowest BCUT2D eigenvalue weighted by atomic mass is 9.71. The van der Waals surface area contributed by atoms with Gasteiger partial charge in [0.05, 0.1) is 5.60 Å². The topological polar surface area (TPSA) is 52.6 Å². The molecule has 25 heavy (non-hydrogen) atoms. The summed E-state index contributed by atoms with van der Waals surface area (Å²) in [6, 6.07) is 4.04. The molecule has 0 amide bonds. The number of hydrogen-bond acceptors (Lipinski definition) is 4. The van der Waals surface area contributed by atoms with Gasteiger partial charge in [-0.1, -0.05) is 12.1 Å². The van der Waals surface area contributed by atoms with Gasteiger partial charge in [-0.2, -0.15) is 0 Å². The highest BCUT2D eigenvalue weighted by molar-refractivity contribution is 6.13. The minimum Gasteiger partial charge on any atom is -0.450 e. The van der Waals surface area contributed by atoms with Crippen LogP contribution in [0.15, 0.2) is 12.1 Å². The third kappa shape index (κ3) is 2.53. The Labute approximate surface area is 148 Å². The van der Waals surface area contributed by atoms with Crippen molar-refractivity contribution in [3.8, 4) is 0 Å². The van der Waals surface area contributed by atoms with Crippen molar-refractivity contribution in [2.75, 3.05) is 6.61 Å². The van der Waals surface area contributed by atoms with E-state index in [4.69, 9.17) is 9.47 Å². The molecular formula is C21H26O4. The van der Waals surface area contributed by atoms with Gasteiger partial charge >= 0.3 is 5.97 Å². The smallest absolute Gasteiger partial charge is 0.322 e. The van der Waals surface area contributed by atoms with E-state index in [0.29, 0.717) is 12.8 Å². The van der Waals surface area contributed by atoms with Crippen molar-refractivity contribution >= 4 is 11.8 Å². The Bertz CT molecular complexity index is 733. The number of benzene rings is 1. The average Bonchev–Trinajstić information content (AvgIpc) is 3.12. The predicted octanol–water partition coefficient (Wildman–Crippen LogP) is 3.68. The van der Waals surface area contributed by atoms with Gasteiger partial charge in [0, 0.05) is 6.61 Å². The molecule has 134 valence electrons. The first-order valence-electron chi connectivity index (χ1n) is 9.35. The van der Waals surface area contributed by atoms with Crippen LogP contribution in [0.5, 0.6) is 0 Å². The SMILES string of the molecule is Cc1cc(C)c(C2C(=O)OC3(CCC4(CCCO4)CC3)C2=O)cc1C. The molecular weight excluding hydrogens is 316 g/mol. The number of Topliss-reactive ketones (excluding diaryl/α,β-unsaturated/α-hetero) is 1. The Morgan fingerprint density at radius 1 is 0.920 bits per heavy atom. The summed E-state index contributed by atoms with van der Waals surface area (Å²) in [6.07, 6.45) is 4.96. The predicted molar refractivity (Wildman–Crippen MR) is 93.6 cm³/mol. The molecule has 3 aliphatic rings. The van der Waals surface area contributed by atoms with Gasteiger partial charge < -0.3 is 9.47 Å². The van der Waals surface area contributed by atoms with Crippen LogP contribution in [0.1, 0.15) is 66.7 Å². The molecule has 0 radical (unpaired) electrons. The van der Waals surface area contributed by atoms with Gasteiger partial charge in [-0.15, -0.1) is 0 Å². The monoisotopic (exact) mass is 342 g/mol. The van der Waals surface area contributed by atoms with Crippen molar-refractivity contribution in [3.05, 3.63) is 34.4 Å². The van der Waals surface area contributed by atoms with Crippen molar-refractivity contribution in [2.24, 2.45) is 0 Å². The quantitative estimate of drug-likeness (QED) is 0.577. The fraction of sp³-hybridized carbons (Fsp3) is 0.619. The highest BCUT2D eigenvalue weighted by Crippen LogP contribution is 2.49. The van der Waals surface area contributed by atoms with Crippen molar-refractivity contribution in [3.63, 3.8) is 0 Å². The van der Waals surface area contributed by atoms with Crippen molar-refractivity contribution < 1.29 is 19.1 Å². The summed E-state index contributed by atoms with van der Waals surface area (Å²) in [5.74, 6) is -1.19. The molecule has 4 nitrogen and oxygen atoms in total. The number of ether oxygens (including phenoxy) is 2. The molecule has 1 aromatic rings. The zero-order chi connectivity index (χ0) is 17.8. The summed E-state index contributed by atoms with van der Waals surface area (Å²) in [6.45, 7) is 6.84. The first-order valence-corrected chi connectivity index (χ1v) is 9.35. The molecule has 4 heteroatoms. The Morgan fingerprint density at radius 2 is 1.60 bits per heavy atom. The van der Waals surface area contributed by atoms with Crippen LogP contribution in [0, 0.1) is 20.8 Å². The molecule has 1 saturated carbocycles. The molecule has 2 heterocycles. The summed E-state index contributed by atoms with van der Waals surface area (Å²) in [7, 11) is 0. The van der Waals surface area contributed by atoms with Gasteiger partial charge in [-0.25, -0.2) is 0 Å². The third-order valence-electron chi connectivity index (χ3n) is 6.59. The Morgan fingerprint density at radius 3 is 2.24 bits per heavy atom. The Kier molecular flexibility index (Phi) is 3.80. The molecule has 0 N–H and O–H groups in total. The van der Waals surface area contributed by atoms with Gasteiger partial charge in [0.2, 0.25) is 0 Å². The van der Waals surface area contributed by atoms with Crippen molar-refractivity contribution in [1.29, 1.82) is 0 Å². The number of ketones is 1. The molecule has 1 aliphatic carbocycles. The molecule has 2 aliphatic heterocycles. The van der Waals surface area contributed by atoms with Crippen LogP contribution in [-0.4, -0.2) is 29.6 Å². The van der Waals surface area contributed by atoms with Gasteiger partial charge in [-0.3, -0.25) is 9.59 Å². The summed E-state index contributed by atoms with van der Waals surface area (Å²) in [5.41, 5.74) is 3.07. The number of rotatable bonds is 1. The number of aryl methyl sites for hydroxylation is 3. The Balaban J connectivity index is 1.62. The van der Waals surface area contributed by atoms with E-state index in [2.05, 4.69) is 6.07 Å². The van der Waals surface area contributed by atoms with E-state index >= 15 is 0 Å². The molecule has 4 rings (SSSR count). The molecule has 1 unspecified atom stereocenters. The maximum atomic E-state index is 13.3. The average molecular weight is 342 g/mol. The van der Waals surface area contributed by atoms with E-state index in [-0.39, 0.29) is 17.4 Å². The number of carbonyl (C=O) groups is 2. The van der Waals surface area contributed by atoms with E-state index in [1.807, 2.05) is 26.8 Å². The lowest BCUT2D eigenvalue weighted by Gasteiger charge is -2.40. The van der Waals surface area contributed by atoms with Gasteiger partial charge in [0.1, 0.15) is 5.92 Å². The number of hydrogen-bond donors (Lipinski definition) is 0. The molecule has 0 bridgehead atoms. The van der Waals surface area contributed by atoms with Crippen molar-refractivity contribution in [2.45, 2.75) is 76.4 Å². The van der Waals surface area contributed by atoms with E-state index < -0.39 is 11.5 Å². The minimum absolute atomic E-state index is 0.0447. The van der Waals surface area contributed by atoms with Gasteiger partial charge in [0.25, 0.3) is 0 Å². The van der Waals surface area contributed by atoms with E-state index in [9.17, 15) is 9.59 Å². The van der Waals surface area contributed by atoms with E-state index in [1.54, 1.807) is 0 Å². The summed E-state index contributed by atoms with van der Waals surface area (Å²) in [5, 5.41) is 0. The zero-order valence-electron chi connectivity index (χ0n) is 15.3. The van der Waals surface area contributed by atoms with E-state index in [0.717, 1.165) is 49.0 Å². The van der Waals surface area contributed by atoms with Crippen LogP contribution >= 0.6 is 0 Å². The Hall–Kier alpha value is -1.68. The summed E-state index contributed by atoms with van der Waals surface area (Å²) >= 11 is 0. The van der Waals surface area contributed by atoms with Crippen LogP contribution in [0.2, 0.25) is 0 Å². The lowest BCUT2D eigenvalue weighted by Crippen LogP contribution is -2.46. The molecule has 0 aromatic heterocycles. The van der Waals surface area contributed by atoms with Crippen LogP contribution in [0.3, 0.4) is 0 Å². The highest BCUT2D eigenvalue weighted by Gasteiger charge is 2.59. The van der Waals surface area contributed by atoms with Crippen LogP contribution in [0.25, 0.3) is 0 Å². The van der Waals surface area contributed by atoms with Gasteiger partial charge in [0.15, 0.2) is 11.4 Å². The molecule has 3 fully saturated rings. The molecule has 2 saturated heterocycles.